The number of carboxylic acid groups (broad SMARTS) is 1. The molecular weight excluding hydrogens is 368 g/mol. The summed E-state index contributed by atoms with van der Waals surface area (Å²) in [7, 11) is -4.15. The molecule has 8 heteroatoms. The van der Waals surface area contributed by atoms with Crippen LogP contribution in [0.15, 0.2) is 60.0 Å². The third kappa shape index (κ3) is 6.09. The van der Waals surface area contributed by atoms with Crippen molar-refractivity contribution in [2.75, 3.05) is 0 Å². The molecule has 7 nitrogen and oxygen atoms in total. The van der Waals surface area contributed by atoms with Gasteiger partial charge in [0.05, 0.1) is 17.0 Å². The van der Waals surface area contributed by atoms with E-state index >= 15 is 0 Å². The van der Waals surface area contributed by atoms with Crippen LogP contribution in [0, 0.1) is 17.2 Å². The van der Waals surface area contributed by atoms with E-state index in [0.717, 1.165) is 5.41 Å². The number of carbonyl (C=O) groups excluding carboxylic acids is 1. The minimum atomic E-state index is -4.15. The first kappa shape index (κ1) is 19.9. The largest absolute Gasteiger partial charge is 0.481 e. The Balaban J connectivity index is 2.10. The van der Waals surface area contributed by atoms with Gasteiger partial charge in [-0.3, -0.25) is 9.59 Å². The van der Waals surface area contributed by atoms with Crippen LogP contribution in [0.25, 0.3) is 6.08 Å². The summed E-state index contributed by atoms with van der Waals surface area (Å²) in [5, 5.41) is 18.9. The average Bonchev–Trinajstić information content (AvgIpc) is 2.65. The van der Waals surface area contributed by atoms with E-state index in [2.05, 4.69) is 0 Å². The molecule has 2 rings (SSSR count). The molecule has 0 saturated heterocycles. The highest BCUT2D eigenvalue weighted by Crippen LogP contribution is 2.12. The van der Waals surface area contributed by atoms with E-state index < -0.39 is 27.8 Å². The smallest absolute Gasteiger partial charge is 0.316 e. The summed E-state index contributed by atoms with van der Waals surface area (Å²) in [6, 6.07) is 16.5. The lowest BCUT2D eigenvalue weighted by Crippen LogP contribution is -2.39. The van der Waals surface area contributed by atoms with Crippen LogP contribution in [0.2, 0.25) is 0 Å². The summed E-state index contributed by atoms with van der Waals surface area (Å²) in [4.78, 5) is 23.6. The molecule has 0 bridgehead atoms. The lowest BCUT2D eigenvalue weighted by Gasteiger charge is -2.12. The normalized spacial score (nSPS) is 12.3. The standard InChI is InChI=1S/C19H16N2O5S/c20-13-16-8-6-15(7-9-16)12-17(19(23)24)18(22)21-27(25,26)11-10-14-4-2-1-3-5-14/h1-11,17H,12H2,(H,21,22)(H,23,24). The van der Waals surface area contributed by atoms with Gasteiger partial charge in [0.25, 0.3) is 10.0 Å². The molecule has 1 atom stereocenters. The third-order valence-electron chi connectivity index (χ3n) is 3.62. The molecule has 0 spiro atoms. The van der Waals surface area contributed by atoms with Crippen molar-refractivity contribution < 1.29 is 23.1 Å². The highest BCUT2D eigenvalue weighted by Gasteiger charge is 2.29. The number of nitrogens with one attached hydrogen (secondary N) is 1. The van der Waals surface area contributed by atoms with Crippen molar-refractivity contribution >= 4 is 28.0 Å². The Kier molecular flexibility index (Phi) is 6.46. The molecule has 1 amide bonds. The number of amides is 1. The van der Waals surface area contributed by atoms with Crippen molar-refractivity contribution in [3.63, 3.8) is 0 Å². The molecule has 0 heterocycles. The van der Waals surface area contributed by atoms with Crippen molar-refractivity contribution in [1.29, 1.82) is 5.26 Å². The Bertz CT molecular complexity index is 991. The first-order valence-corrected chi connectivity index (χ1v) is 9.37. The fraction of sp³-hybridized carbons (Fsp3) is 0.105. The summed E-state index contributed by atoms with van der Waals surface area (Å²) in [5.74, 6) is -4.17. The van der Waals surface area contributed by atoms with E-state index in [4.69, 9.17) is 5.26 Å². The van der Waals surface area contributed by atoms with Crippen LogP contribution in [0.1, 0.15) is 16.7 Å². The Labute approximate surface area is 156 Å². The zero-order valence-corrected chi connectivity index (χ0v) is 14.9. The van der Waals surface area contributed by atoms with Crippen LogP contribution in [0.5, 0.6) is 0 Å². The molecule has 27 heavy (non-hydrogen) atoms. The fourth-order valence-electron chi connectivity index (χ4n) is 2.22. The van der Waals surface area contributed by atoms with Crippen molar-refractivity contribution in [1.82, 2.24) is 4.72 Å². The molecule has 2 N–H and O–H groups in total. The minimum absolute atomic E-state index is 0.204. The summed E-state index contributed by atoms with van der Waals surface area (Å²) < 4.78 is 25.8. The van der Waals surface area contributed by atoms with Crippen molar-refractivity contribution in [2.24, 2.45) is 5.92 Å². The van der Waals surface area contributed by atoms with Gasteiger partial charge in [0.15, 0.2) is 0 Å². The number of nitriles is 1. The highest BCUT2D eigenvalue weighted by atomic mass is 32.2. The van der Waals surface area contributed by atoms with E-state index in [1.54, 1.807) is 35.1 Å². The van der Waals surface area contributed by atoms with E-state index in [9.17, 15) is 23.1 Å². The van der Waals surface area contributed by atoms with E-state index in [-0.39, 0.29) is 6.42 Å². The predicted molar refractivity (Wildman–Crippen MR) is 98.5 cm³/mol. The second-order valence-corrected chi connectivity index (χ2v) is 7.19. The first-order chi connectivity index (χ1) is 12.8. The maximum Gasteiger partial charge on any atom is 0.316 e. The van der Waals surface area contributed by atoms with Gasteiger partial charge >= 0.3 is 5.97 Å². The summed E-state index contributed by atoms with van der Waals surface area (Å²) in [6.07, 6.45) is 1.09. The van der Waals surface area contributed by atoms with Crippen LogP contribution in [0.4, 0.5) is 0 Å². The Morgan fingerprint density at radius 2 is 1.74 bits per heavy atom. The molecule has 2 aromatic carbocycles. The Morgan fingerprint density at radius 3 is 2.30 bits per heavy atom. The van der Waals surface area contributed by atoms with Crippen LogP contribution in [0.3, 0.4) is 0 Å². The molecule has 2 aromatic rings. The van der Waals surface area contributed by atoms with Crippen molar-refractivity contribution in [3.8, 4) is 6.07 Å². The van der Waals surface area contributed by atoms with Gasteiger partial charge in [-0.1, -0.05) is 42.5 Å². The van der Waals surface area contributed by atoms with Gasteiger partial charge in [0.2, 0.25) is 5.91 Å². The second-order valence-electron chi connectivity index (χ2n) is 5.63. The van der Waals surface area contributed by atoms with Gasteiger partial charge in [0, 0.05) is 0 Å². The predicted octanol–water partition coefficient (Wildman–Crippen LogP) is 1.92. The number of sulfonamides is 1. The molecule has 0 aliphatic carbocycles. The number of carboxylic acids is 1. The lowest BCUT2D eigenvalue weighted by atomic mass is 9.98. The summed E-state index contributed by atoms with van der Waals surface area (Å²) in [6.45, 7) is 0. The first-order valence-electron chi connectivity index (χ1n) is 7.82. The molecular formula is C19H16N2O5S. The number of carbonyl (C=O) groups is 2. The third-order valence-corrected chi connectivity index (χ3v) is 4.60. The SMILES string of the molecule is N#Cc1ccc(CC(C(=O)O)C(=O)NS(=O)(=O)C=Cc2ccccc2)cc1. The van der Waals surface area contributed by atoms with Gasteiger partial charge in [0.1, 0.15) is 5.92 Å². The van der Waals surface area contributed by atoms with Crippen LogP contribution >= 0.6 is 0 Å². The number of nitrogens with zero attached hydrogens (tertiary/aromatic N) is 1. The number of hydrogen-bond donors (Lipinski definition) is 2. The number of rotatable bonds is 7. The van der Waals surface area contributed by atoms with E-state index in [1.807, 2.05) is 6.07 Å². The van der Waals surface area contributed by atoms with Gasteiger partial charge in [-0.2, -0.15) is 5.26 Å². The number of aliphatic carboxylic acids is 1. The maximum absolute atomic E-state index is 12.2. The van der Waals surface area contributed by atoms with Gasteiger partial charge in [-0.05, 0) is 35.8 Å². The fourth-order valence-corrected chi connectivity index (χ4v) is 3.05. The summed E-state index contributed by atoms with van der Waals surface area (Å²) >= 11 is 0. The van der Waals surface area contributed by atoms with E-state index in [0.29, 0.717) is 16.7 Å². The van der Waals surface area contributed by atoms with Crippen molar-refractivity contribution in [2.45, 2.75) is 6.42 Å². The molecule has 0 aliphatic heterocycles. The van der Waals surface area contributed by atoms with Gasteiger partial charge in [-0.15, -0.1) is 0 Å². The molecule has 0 fully saturated rings. The molecule has 1 unspecified atom stereocenters. The lowest BCUT2D eigenvalue weighted by molar-refractivity contribution is -0.146. The second kappa shape index (κ2) is 8.78. The van der Waals surface area contributed by atoms with Crippen molar-refractivity contribution in [3.05, 3.63) is 76.7 Å². The van der Waals surface area contributed by atoms with Crippen LogP contribution in [-0.2, 0) is 26.0 Å². The Morgan fingerprint density at radius 1 is 1.11 bits per heavy atom. The molecule has 0 radical (unpaired) electrons. The number of benzene rings is 2. The maximum atomic E-state index is 12.2. The average molecular weight is 384 g/mol. The quantitative estimate of drug-likeness (QED) is 0.703. The monoisotopic (exact) mass is 384 g/mol. The minimum Gasteiger partial charge on any atom is -0.481 e. The van der Waals surface area contributed by atoms with Gasteiger partial charge < -0.3 is 5.11 Å². The topological polar surface area (TPSA) is 124 Å². The highest BCUT2D eigenvalue weighted by molar-refractivity contribution is 7.93. The molecule has 0 saturated carbocycles. The molecule has 138 valence electrons. The van der Waals surface area contributed by atoms with Gasteiger partial charge in [-0.25, -0.2) is 13.1 Å². The van der Waals surface area contributed by atoms with Crippen LogP contribution in [-0.4, -0.2) is 25.4 Å². The Hall–Kier alpha value is -3.44. The molecule has 0 aliphatic rings. The summed E-state index contributed by atoms with van der Waals surface area (Å²) in [5.41, 5.74) is 1.50. The van der Waals surface area contributed by atoms with E-state index in [1.165, 1.54) is 30.3 Å². The number of hydrogen-bond acceptors (Lipinski definition) is 5. The van der Waals surface area contributed by atoms with Crippen LogP contribution < -0.4 is 4.72 Å². The zero-order chi connectivity index (χ0) is 19.9. The molecule has 0 aromatic heterocycles. The zero-order valence-electron chi connectivity index (χ0n) is 14.1.